The van der Waals surface area contributed by atoms with Gasteiger partial charge in [-0.2, -0.15) is 0 Å². The fourth-order valence-corrected chi connectivity index (χ4v) is 1.89. The molecule has 2 aromatic carbocycles. The van der Waals surface area contributed by atoms with Crippen molar-refractivity contribution >= 4 is 17.3 Å². The van der Waals surface area contributed by atoms with Gasteiger partial charge in [0.2, 0.25) is 0 Å². The minimum Gasteiger partial charge on any atom is -0.397 e. The molecule has 0 aromatic heterocycles. The molecule has 0 heterocycles. The van der Waals surface area contributed by atoms with Gasteiger partial charge in [0.15, 0.2) is 0 Å². The van der Waals surface area contributed by atoms with Gasteiger partial charge in [-0.05, 0) is 23.8 Å². The first-order valence-electron chi connectivity index (χ1n) is 6.47. The zero-order chi connectivity index (χ0) is 14.5. The maximum atomic E-state index is 11.9. The Hall–Kier alpha value is -2.49. The zero-order valence-corrected chi connectivity index (χ0v) is 11.8. The molecule has 4 nitrogen and oxygen atoms in total. The van der Waals surface area contributed by atoms with Crippen molar-refractivity contribution in [2.24, 2.45) is 0 Å². The number of nitrogens with zero attached hydrogens (tertiary/aromatic N) is 1. The summed E-state index contributed by atoms with van der Waals surface area (Å²) >= 11 is 0. The van der Waals surface area contributed by atoms with Crippen LogP contribution in [-0.2, 0) is 6.54 Å². The molecule has 0 radical (unpaired) electrons. The highest BCUT2D eigenvalue weighted by atomic mass is 16.2. The number of nitrogens with one attached hydrogen (secondary N) is 1. The number of hydrogen-bond acceptors (Lipinski definition) is 3. The van der Waals surface area contributed by atoms with Crippen LogP contribution in [0.15, 0.2) is 48.5 Å². The van der Waals surface area contributed by atoms with Crippen LogP contribution in [0, 0.1) is 0 Å². The summed E-state index contributed by atoms with van der Waals surface area (Å²) in [5, 5.41) is 3.27. The van der Waals surface area contributed by atoms with Gasteiger partial charge in [0.25, 0.3) is 5.91 Å². The number of anilines is 2. The van der Waals surface area contributed by atoms with Crippen molar-refractivity contribution in [3.63, 3.8) is 0 Å². The van der Waals surface area contributed by atoms with Crippen molar-refractivity contribution in [3.05, 3.63) is 59.7 Å². The molecule has 0 fully saturated rings. The van der Waals surface area contributed by atoms with E-state index in [9.17, 15) is 4.79 Å². The van der Waals surface area contributed by atoms with E-state index in [2.05, 4.69) is 5.32 Å². The second-order valence-electron chi connectivity index (χ2n) is 4.84. The number of carbonyl (C=O) groups excluding carboxylic acids is 1. The Balaban J connectivity index is 2.15. The molecule has 20 heavy (non-hydrogen) atoms. The lowest BCUT2D eigenvalue weighted by Gasteiger charge is -2.14. The minimum atomic E-state index is -0.0345. The van der Waals surface area contributed by atoms with Crippen molar-refractivity contribution in [1.82, 2.24) is 4.90 Å². The summed E-state index contributed by atoms with van der Waals surface area (Å²) < 4.78 is 0. The lowest BCUT2D eigenvalue weighted by molar-refractivity contribution is 0.0827. The number of carbonyl (C=O) groups is 1. The third-order valence-electron chi connectivity index (χ3n) is 3.03. The zero-order valence-electron chi connectivity index (χ0n) is 11.8. The van der Waals surface area contributed by atoms with E-state index in [1.165, 1.54) is 0 Å². The molecule has 4 heteroatoms. The van der Waals surface area contributed by atoms with Gasteiger partial charge in [-0.3, -0.25) is 4.79 Å². The molecule has 1 amide bonds. The van der Waals surface area contributed by atoms with Crippen LogP contribution in [0.5, 0.6) is 0 Å². The molecular weight excluding hydrogens is 250 g/mol. The quantitative estimate of drug-likeness (QED) is 0.839. The first-order valence-corrected chi connectivity index (χ1v) is 6.47. The highest BCUT2D eigenvalue weighted by Gasteiger charge is 2.10. The molecule has 104 valence electrons. The first-order chi connectivity index (χ1) is 9.58. The van der Waals surface area contributed by atoms with Gasteiger partial charge in [0.05, 0.1) is 11.4 Å². The third kappa shape index (κ3) is 3.29. The van der Waals surface area contributed by atoms with Crippen LogP contribution in [-0.4, -0.2) is 24.9 Å². The van der Waals surface area contributed by atoms with Crippen molar-refractivity contribution < 1.29 is 4.79 Å². The number of nitrogen functional groups attached to an aromatic ring is 1. The summed E-state index contributed by atoms with van der Waals surface area (Å²) in [6.45, 7) is 0.671. The van der Waals surface area contributed by atoms with E-state index in [4.69, 9.17) is 5.73 Å². The molecule has 0 unspecified atom stereocenters. The van der Waals surface area contributed by atoms with E-state index in [-0.39, 0.29) is 5.91 Å². The Morgan fingerprint density at radius 2 is 1.85 bits per heavy atom. The van der Waals surface area contributed by atoms with Gasteiger partial charge >= 0.3 is 0 Å². The predicted octanol–water partition coefficient (Wildman–Crippen LogP) is 2.58. The number of amides is 1. The van der Waals surface area contributed by atoms with E-state index in [1.54, 1.807) is 37.2 Å². The smallest absolute Gasteiger partial charge is 0.253 e. The molecule has 0 aliphatic rings. The highest BCUT2D eigenvalue weighted by Crippen LogP contribution is 2.21. The molecule has 0 bridgehead atoms. The normalized spacial score (nSPS) is 10.1. The summed E-state index contributed by atoms with van der Waals surface area (Å²) in [4.78, 5) is 13.5. The van der Waals surface area contributed by atoms with Gasteiger partial charge in [-0.15, -0.1) is 0 Å². The topological polar surface area (TPSA) is 58.4 Å². The Morgan fingerprint density at radius 1 is 1.15 bits per heavy atom. The molecule has 0 atom stereocenters. The van der Waals surface area contributed by atoms with E-state index < -0.39 is 0 Å². The standard InChI is InChI=1S/C16H19N3O/c1-19(2)16(20)13-8-9-14(17)15(10-13)18-11-12-6-4-3-5-7-12/h3-10,18H,11,17H2,1-2H3. The molecule has 0 aliphatic heterocycles. The molecule has 2 rings (SSSR count). The van der Waals surface area contributed by atoms with Crippen molar-refractivity contribution in [2.45, 2.75) is 6.54 Å². The Bertz CT molecular complexity index is 594. The van der Waals surface area contributed by atoms with Crippen molar-refractivity contribution in [2.75, 3.05) is 25.1 Å². The first kappa shape index (κ1) is 13.9. The van der Waals surface area contributed by atoms with Crippen LogP contribution in [0.1, 0.15) is 15.9 Å². The highest BCUT2D eigenvalue weighted by molar-refractivity contribution is 5.95. The van der Waals surface area contributed by atoms with Crippen LogP contribution < -0.4 is 11.1 Å². The molecule has 2 aromatic rings. The van der Waals surface area contributed by atoms with E-state index in [0.717, 1.165) is 11.3 Å². The number of rotatable bonds is 4. The molecule has 3 N–H and O–H groups in total. The van der Waals surface area contributed by atoms with Gasteiger partial charge in [-0.1, -0.05) is 30.3 Å². The van der Waals surface area contributed by atoms with Gasteiger partial charge < -0.3 is 16.0 Å². The van der Waals surface area contributed by atoms with Gasteiger partial charge in [-0.25, -0.2) is 0 Å². The van der Waals surface area contributed by atoms with E-state index >= 15 is 0 Å². The summed E-state index contributed by atoms with van der Waals surface area (Å²) in [6, 6.07) is 15.3. The van der Waals surface area contributed by atoms with E-state index in [1.807, 2.05) is 30.3 Å². The lowest BCUT2D eigenvalue weighted by atomic mass is 10.1. The Morgan fingerprint density at radius 3 is 2.50 bits per heavy atom. The largest absolute Gasteiger partial charge is 0.397 e. The summed E-state index contributed by atoms with van der Waals surface area (Å²) in [6.07, 6.45) is 0. The molecule has 0 saturated heterocycles. The Labute approximate surface area is 119 Å². The van der Waals surface area contributed by atoms with Crippen LogP contribution in [0.25, 0.3) is 0 Å². The fourth-order valence-electron chi connectivity index (χ4n) is 1.89. The molecule has 0 aliphatic carbocycles. The van der Waals surface area contributed by atoms with Crippen LogP contribution >= 0.6 is 0 Å². The summed E-state index contributed by atoms with van der Waals surface area (Å²) in [5.41, 5.74) is 9.15. The monoisotopic (exact) mass is 269 g/mol. The average molecular weight is 269 g/mol. The maximum absolute atomic E-state index is 11.9. The van der Waals surface area contributed by atoms with Crippen LogP contribution in [0.4, 0.5) is 11.4 Å². The number of benzene rings is 2. The minimum absolute atomic E-state index is 0.0345. The van der Waals surface area contributed by atoms with Crippen LogP contribution in [0.2, 0.25) is 0 Å². The summed E-state index contributed by atoms with van der Waals surface area (Å²) in [5.74, 6) is -0.0345. The molecule has 0 saturated carbocycles. The van der Waals surface area contributed by atoms with Crippen LogP contribution in [0.3, 0.4) is 0 Å². The third-order valence-corrected chi connectivity index (χ3v) is 3.03. The lowest BCUT2D eigenvalue weighted by Crippen LogP contribution is -2.21. The number of hydrogen-bond donors (Lipinski definition) is 2. The Kier molecular flexibility index (Phi) is 4.25. The van der Waals surface area contributed by atoms with E-state index in [0.29, 0.717) is 17.8 Å². The maximum Gasteiger partial charge on any atom is 0.253 e. The fraction of sp³-hybridized carbons (Fsp3) is 0.188. The van der Waals surface area contributed by atoms with Crippen molar-refractivity contribution in [3.8, 4) is 0 Å². The molecular formula is C16H19N3O. The SMILES string of the molecule is CN(C)C(=O)c1ccc(N)c(NCc2ccccc2)c1. The summed E-state index contributed by atoms with van der Waals surface area (Å²) in [7, 11) is 3.46. The van der Waals surface area contributed by atoms with Gasteiger partial charge in [0.1, 0.15) is 0 Å². The van der Waals surface area contributed by atoms with Gasteiger partial charge in [0, 0.05) is 26.2 Å². The predicted molar refractivity (Wildman–Crippen MR) is 82.6 cm³/mol. The average Bonchev–Trinajstić information content (AvgIpc) is 2.46. The van der Waals surface area contributed by atoms with Crippen molar-refractivity contribution in [1.29, 1.82) is 0 Å². The molecule has 0 spiro atoms. The second kappa shape index (κ2) is 6.10. The number of nitrogens with two attached hydrogens (primary N) is 1. The second-order valence-corrected chi connectivity index (χ2v) is 4.84.